The van der Waals surface area contributed by atoms with E-state index in [1.807, 2.05) is 18.2 Å². The molecule has 0 spiro atoms. The lowest BCUT2D eigenvalue weighted by molar-refractivity contribution is -0.121. The van der Waals surface area contributed by atoms with Gasteiger partial charge in [0.05, 0.1) is 13.2 Å². The average Bonchev–Trinajstić information content (AvgIpc) is 2.65. The largest absolute Gasteiger partial charge is 0.376 e. The molecule has 1 aromatic carbocycles. The number of ketones is 1. The minimum Gasteiger partial charge on any atom is -0.376 e. The van der Waals surface area contributed by atoms with Crippen LogP contribution in [0.15, 0.2) is 30.3 Å². The molecular formula is C15H16O2. The molecule has 4 fully saturated rings. The third kappa shape index (κ3) is 1.34. The van der Waals surface area contributed by atoms with Gasteiger partial charge >= 0.3 is 0 Å². The van der Waals surface area contributed by atoms with Crippen LogP contribution < -0.4 is 0 Å². The summed E-state index contributed by atoms with van der Waals surface area (Å²) in [6.07, 6.45) is 1.16. The molecule has 5 rings (SSSR count). The van der Waals surface area contributed by atoms with Gasteiger partial charge in [0.25, 0.3) is 0 Å². The van der Waals surface area contributed by atoms with Crippen molar-refractivity contribution >= 4 is 5.78 Å². The molecule has 0 N–H and O–H groups in total. The minimum atomic E-state index is 0.353. The molecule has 0 saturated heterocycles. The maximum Gasteiger partial charge on any atom is 0.140 e. The quantitative estimate of drug-likeness (QED) is 0.790. The first-order valence-corrected chi connectivity index (χ1v) is 6.51. The van der Waals surface area contributed by atoms with Crippen LogP contribution in [0.3, 0.4) is 0 Å². The first-order valence-electron chi connectivity index (χ1n) is 6.51. The van der Waals surface area contributed by atoms with E-state index in [1.54, 1.807) is 0 Å². The smallest absolute Gasteiger partial charge is 0.140 e. The normalized spacial score (nSPS) is 40.9. The maximum absolute atomic E-state index is 11.8. The number of carbonyl (C=O) groups is 1. The molecule has 4 bridgehead atoms. The van der Waals surface area contributed by atoms with Gasteiger partial charge in [-0.15, -0.1) is 0 Å². The fourth-order valence-electron chi connectivity index (χ4n) is 4.11. The van der Waals surface area contributed by atoms with E-state index in [2.05, 4.69) is 12.1 Å². The Labute approximate surface area is 101 Å². The SMILES string of the molecule is O=C1C2CC3C1C3C2COCc1ccccc1. The van der Waals surface area contributed by atoms with Gasteiger partial charge in [0.15, 0.2) is 0 Å². The van der Waals surface area contributed by atoms with Gasteiger partial charge in [-0.1, -0.05) is 30.3 Å². The van der Waals surface area contributed by atoms with E-state index in [9.17, 15) is 4.79 Å². The number of benzene rings is 1. The Bertz CT molecular complexity index is 453. The molecule has 2 nitrogen and oxygen atoms in total. The number of ether oxygens (including phenoxy) is 1. The summed E-state index contributed by atoms with van der Waals surface area (Å²) >= 11 is 0. The number of Topliss-reactive ketones (excluding diaryl/α,β-unsaturated/α-hetero) is 1. The van der Waals surface area contributed by atoms with Gasteiger partial charge in [0.2, 0.25) is 0 Å². The molecule has 4 saturated carbocycles. The van der Waals surface area contributed by atoms with Crippen molar-refractivity contribution in [1.82, 2.24) is 0 Å². The van der Waals surface area contributed by atoms with Crippen LogP contribution in [0.2, 0.25) is 0 Å². The summed E-state index contributed by atoms with van der Waals surface area (Å²) < 4.78 is 5.79. The molecule has 0 heterocycles. The number of hydrogen-bond donors (Lipinski definition) is 0. The summed E-state index contributed by atoms with van der Waals surface area (Å²) in [4.78, 5) is 11.8. The first kappa shape index (κ1) is 9.84. The van der Waals surface area contributed by atoms with Crippen LogP contribution in [0, 0.1) is 29.6 Å². The van der Waals surface area contributed by atoms with Crippen molar-refractivity contribution in [1.29, 1.82) is 0 Å². The van der Waals surface area contributed by atoms with Crippen molar-refractivity contribution in [2.24, 2.45) is 29.6 Å². The van der Waals surface area contributed by atoms with Crippen molar-refractivity contribution in [2.45, 2.75) is 13.0 Å². The zero-order valence-electron chi connectivity index (χ0n) is 9.71. The fraction of sp³-hybridized carbons (Fsp3) is 0.533. The highest BCUT2D eigenvalue weighted by Crippen LogP contribution is 2.71. The Kier molecular flexibility index (Phi) is 1.98. The monoisotopic (exact) mass is 228 g/mol. The summed E-state index contributed by atoms with van der Waals surface area (Å²) in [6.45, 7) is 1.46. The molecule has 0 radical (unpaired) electrons. The summed E-state index contributed by atoms with van der Waals surface area (Å²) in [5.41, 5.74) is 1.22. The summed E-state index contributed by atoms with van der Waals surface area (Å²) in [7, 11) is 0. The Morgan fingerprint density at radius 2 is 2.06 bits per heavy atom. The van der Waals surface area contributed by atoms with Gasteiger partial charge in [0.1, 0.15) is 5.78 Å². The second-order valence-electron chi connectivity index (χ2n) is 5.68. The topological polar surface area (TPSA) is 26.3 Å². The lowest BCUT2D eigenvalue weighted by Gasteiger charge is -2.13. The number of hydrogen-bond acceptors (Lipinski definition) is 2. The predicted molar refractivity (Wildman–Crippen MR) is 63.2 cm³/mol. The van der Waals surface area contributed by atoms with E-state index in [0.29, 0.717) is 36.1 Å². The Hall–Kier alpha value is -1.15. The van der Waals surface area contributed by atoms with Crippen LogP contribution in [0.4, 0.5) is 0 Å². The molecule has 0 aromatic heterocycles. The second kappa shape index (κ2) is 3.42. The van der Waals surface area contributed by atoms with E-state index < -0.39 is 0 Å². The van der Waals surface area contributed by atoms with Crippen LogP contribution in [0.1, 0.15) is 12.0 Å². The van der Waals surface area contributed by atoms with Gasteiger partial charge in [-0.2, -0.15) is 0 Å². The van der Waals surface area contributed by atoms with Crippen LogP contribution in [0.25, 0.3) is 0 Å². The zero-order chi connectivity index (χ0) is 11.4. The molecule has 5 atom stereocenters. The molecule has 0 amide bonds. The van der Waals surface area contributed by atoms with E-state index in [1.165, 1.54) is 5.56 Å². The van der Waals surface area contributed by atoms with Crippen LogP contribution in [-0.2, 0) is 16.1 Å². The van der Waals surface area contributed by atoms with Gasteiger partial charge in [-0.05, 0) is 29.7 Å². The fourth-order valence-corrected chi connectivity index (χ4v) is 4.11. The van der Waals surface area contributed by atoms with E-state index in [0.717, 1.165) is 18.9 Å². The lowest BCUT2D eigenvalue weighted by atomic mass is 9.99. The van der Waals surface area contributed by atoms with Gasteiger partial charge in [-0.25, -0.2) is 0 Å². The van der Waals surface area contributed by atoms with E-state index >= 15 is 0 Å². The van der Waals surface area contributed by atoms with Gasteiger partial charge in [-0.3, -0.25) is 4.79 Å². The molecule has 5 unspecified atom stereocenters. The maximum atomic E-state index is 11.8. The number of carbonyl (C=O) groups excluding carboxylic acids is 1. The van der Waals surface area contributed by atoms with Crippen molar-refractivity contribution in [2.75, 3.05) is 6.61 Å². The first-order chi connectivity index (χ1) is 8.36. The average molecular weight is 228 g/mol. The van der Waals surface area contributed by atoms with Gasteiger partial charge < -0.3 is 4.74 Å². The highest BCUT2D eigenvalue weighted by Gasteiger charge is 2.73. The highest BCUT2D eigenvalue weighted by molar-refractivity contribution is 5.93. The number of rotatable bonds is 4. The van der Waals surface area contributed by atoms with Crippen molar-refractivity contribution in [3.63, 3.8) is 0 Å². The van der Waals surface area contributed by atoms with E-state index in [-0.39, 0.29) is 0 Å². The molecule has 2 heteroatoms. The minimum absolute atomic E-state index is 0.353. The molecule has 4 aliphatic rings. The van der Waals surface area contributed by atoms with Crippen LogP contribution in [0.5, 0.6) is 0 Å². The van der Waals surface area contributed by atoms with Crippen molar-refractivity contribution in [3.8, 4) is 0 Å². The van der Waals surface area contributed by atoms with Crippen molar-refractivity contribution < 1.29 is 9.53 Å². The second-order valence-corrected chi connectivity index (χ2v) is 5.68. The molecule has 0 aliphatic heterocycles. The molecule has 88 valence electrons. The molecule has 17 heavy (non-hydrogen) atoms. The zero-order valence-corrected chi connectivity index (χ0v) is 9.71. The molecular weight excluding hydrogens is 212 g/mol. The summed E-state index contributed by atoms with van der Waals surface area (Å²) in [5.74, 6) is 3.34. The van der Waals surface area contributed by atoms with Gasteiger partial charge in [0, 0.05) is 11.8 Å². The van der Waals surface area contributed by atoms with Crippen LogP contribution in [-0.4, -0.2) is 12.4 Å². The Morgan fingerprint density at radius 1 is 1.24 bits per heavy atom. The summed E-state index contributed by atoms with van der Waals surface area (Å²) in [6, 6.07) is 10.2. The third-order valence-corrected chi connectivity index (χ3v) is 4.88. The molecule has 4 aliphatic carbocycles. The lowest BCUT2D eigenvalue weighted by Crippen LogP contribution is -2.16. The predicted octanol–water partition coefficient (Wildman–Crippen LogP) is 2.28. The van der Waals surface area contributed by atoms with E-state index in [4.69, 9.17) is 4.74 Å². The molecule has 1 aromatic rings. The standard InChI is InChI=1S/C15H16O2/c16-15-10-6-11-13(14(11)15)12(10)8-17-7-9-4-2-1-3-5-9/h1-5,10-14H,6-8H2. The van der Waals surface area contributed by atoms with Crippen molar-refractivity contribution in [3.05, 3.63) is 35.9 Å². The third-order valence-electron chi connectivity index (χ3n) is 4.88. The highest BCUT2D eigenvalue weighted by atomic mass is 16.5. The Balaban J connectivity index is 1.34. The summed E-state index contributed by atoms with van der Waals surface area (Å²) in [5, 5.41) is 0. The Morgan fingerprint density at radius 3 is 2.65 bits per heavy atom. The van der Waals surface area contributed by atoms with Crippen LogP contribution >= 0.6 is 0 Å².